The van der Waals surface area contributed by atoms with E-state index in [9.17, 15) is 19.1 Å². The molecule has 1 unspecified atom stereocenters. The molecule has 0 bridgehead atoms. The number of benzene rings is 1. The molecule has 0 spiro atoms. The average molecular weight is 281 g/mol. The van der Waals surface area contributed by atoms with Crippen molar-refractivity contribution < 1.29 is 24.2 Å². The summed E-state index contributed by atoms with van der Waals surface area (Å²) in [6, 6.07) is 5.96. The van der Waals surface area contributed by atoms with E-state index in [0.717, 1.165) is 6.08 Å². The molecule has 0 saturated carbocycles. The second-order valence-corrected chi connectivity index (χ2v) is 4.64. The summed E-state index contributed by atoms with van der Waals surface area (Å²) >= 11 is 0. The third kappa shape index (κ3) is 5.62. The Morgan fingerprint density at radius 3 is 2.65 bits per heavy atom. The highest BCUT2D eigenvalue weighted by Crippen LogP contribution is 2.09. The third-order valence-corrected chi connectivity index (χ3v) is 2.50. The fourth-order valence-electron chi connectivity index (χ4n) is 1.50. The van der Waals surface area contributed by atoms with Gasteiger partial charge in [-0.15, -0.1) is 0 Å². The molecule has 108 valence electrons. The first-order valence-corrected chi connectivity index (χ1v) is 5.95. The monoisotopic (exact) mass is 281 g/mol. The minimum Gasteiger partial charge on any atom is -0.481 e. The zero-order valence-corrected chi connectivity index (χ0v) is 11.0. The summed E-state index contributed by atoms with van der Waals surface area (Å²) in [5, 5.41) is 20.6. The maximum absolute atomic E-state index is 13.3. The Morgan fingerprint density at radius 1 is 1.40 bits per heavy atom. The molecule has 0 radical (unpaired) electrons. The Balaban J connectivity index is 2.52. The quantitative estimate of drug-likeness (QED) is 0.683. The molecule has 1 atom stereocenters. The van der Waals surface area contributed by atoms with Crippen LogP contribution in [0.5, 0.6) is 0 Å². The average Bonchev–Trinajstić information content (AvgIpc) is 2.34. The second kappa shape index (κ2) is 6.81. The normalized spacial score (nSPS) is 13.9. The van der Waals surface area contributed by atoms with E-state index in [1.165, 1.54) is 31.2 Å². The SMILES string of the molecule is CC(O)(CNC(=O)C=Cc1ccccc1F)CC(=O)O. The molecular formula is C14H16FNO4. The Hall–Kier alpha value is -2.21. The number of rotatable bonds is 6. The number of carbonyl (C=O) groups excluding carboxylic acids is 1. The molecule has 1 aromatic rings. The van der Waals surface area contributed by atoms with Crippen LogP contribution < -0.4 is 5.32 Å². The van der Waals surface area contributed by atoms with Crippen molar-refractivity contribution in [2.75, 3.05) is 6.54 Å². The van der Waals surface area contributed by atoms with Crippen LogP contribution in [0.25, 0.3) is 6.08 Å². The number of carbonyl (C=O) groups is 2. The van der Waals surface area contributed by atoms with Crippen LogP contribution in [0, 0.1) is 5.82 Å². The molecule has 0 aliphatic carbocycles. The van der Waals surface area contributed by atoms with E-state index >= 15 is 0 Å². The number of halogens is 1. The summed E-state index contributed by atoms with van der Waals surface area (Å²) < 4.78 is 13.3. The number of nitrogens with one attached hydrogen (secondary N) is 1. The number of carboxylic acids is 1. The molecular weight excluding hydrogens is 265 g/mol. The lowest BCUT2D eigenvalue weighted by molar-refractivity contribution is -0.142. The van der Waals surface area contributed by atoms with Gasteiger partial charge in [-0.1, -0.05) is 18.2 Å². The van der Waals surface area contributed by atoms with E-state index in [2.05, 4.69) is 5.32 Å². The number of hydrogen-bond donors (Lipinski definition) is 3. The summed E-state index contributed by atoms with van der Waals surface area (Å²) in [5.41, 5.74) is -1.27. The molecule has 6 heteroatoms. The van der Waals surface area contributed by atoms with Gasteiger partial charge in [-0.3, -0.25) is 9.59 Å². The predicted molar refractivity (Wildman–Crippen MR) is 71.3 cm³/mol. The summed E-state index contributed by atoms with van der Waals surface area (Å²) in [7, 11) is 0. The fourth-order valence-corrected chi connectivity index (χ4v) is 1.50. The first-order chi connectivity index (χ1) is 9.30. The van der Waals surface area contributed by atoms with Crippen molar-refractivity contribution in [2.24, 2.45) is 0 Å². The van der Waals surface area contributed by atoms with Crippen molar-refractivity contribution >= 4 is 18.0 Å². The van der Waals surface area contributed by atoms with Gasteiger partial charge >= 0.3 is 5.97 Å². The highest BCUT2D eigenvalue weighted by Gasteiger charge is 2.24. The van der Waals surface area contributed by atoms with Crippen LogP contribution in [0.2, 0.25) is 0 Å². The molecule has 3 N–H and O–H groups in total. The van der Waals surface area contributed by atoms with Crippen LogP contribution in [0.3, 0.4) is 0 Å². The van der Waals surface area contributed by atoms with Gasteiger partial charge in [0.1, 0.15) is 5.82 Å². The molecule has 0 fully saturated rings. The summed E-state index contributed by atoms with van der Waals surface area (Å²) in [4.78, 5) is 22.0. The lowest BCUT2D eigenvalue weighted by atomic mass is 10.0. The molecule has 5 nitrogen and oxygen atoms in total. The van der Waals surface area contributed by atoms with Crippen LogP contribution >= 0.6 is 0 Å². The topological polar surface area (TPSA) is 86.6 Å². The van der Waals surface area contributed by atoms with Gasteiger partial charge in [-0.25, -0.2) is 4.39 Å². The number of amides is 1. The minimum absolute atomic E-state index is 0.209. The van der Waals surface area contributed by atoms with E-state index in [1.54, 1.807) is 6.07 Å². The van der Waals surface area contributed by atoms with Gasteiger partial charge in [-0.2, -0.15) is 0 Å². The van der Waals surface area contributed by atoms with E-state index in [-0.39, 0.29) is 12.1 Å². The number of aliphatic carboxylic acids is 1. The van der Waals surface area contributed by atoms with E-state index in [4.69, 9.17) is 5.11 Å². The Kier molecular flexibility index (Phi) is 5.40. The van der Waals surface area contributed by atoms with Crippen LogP contribution in [0.1, 0.15) is 18.9 Å². The smallest absolute Gasteiger partial charge is 0.306 e. The first-order valence-electron chi connectivity index (χ1n) is 5.95. The lowest BCUT2D eigenvalue weighted by Gasteiger charge is -2.20. The molecule has 1 aromatic carbocycles. The van der Waals surface area contributed by atoms with Gasteiger partial charge in [0.05, 0.1) is 12.0 Å². The summed E-state index contributed by atoms with van der Waals surface area (Å²) in [5.74, 6) is -2.15. The largest absolute Gasteiger partial charge is 0.481 e. The van der Waals surface area contributed by atoms with Gasteiger partial charge in [-0.05, 0) is 19.1 Å². The van der Waals surface area contributed by atoms with Gasteiger partial charge in [0.2, 0.25) is 5.91 Å². The number of aliphatic hydroxyl groups is 1. The molecule has 0 aliphatic rings. The van der Waals surface area contributed by atoms with Crippen molar-refractivity contribution in [1.82, 2.24) is 5.32 Å². The van der Waals surface area contributed by atoms with Crippen molar-refractivity contribution in [3.8, 4) is 0 Å². The first kappa shape index (κ1) is 15.8. The Labute approximate surface area is 115 Å². The van der Waals surface area contributed by atoms with Gasteiger partial charge in [0.15, 0.2) is 0 Å². The van der Waals surface area contributed by atoms with Crippen molar-refractivity contribution in [1.29, 1.82) is 0 Å². The van der Waals surface area contributed by atoms with Crippen LogP contribution in [0.15, 0.2) is 30.3 Å². The standard InChI is InChI=1S/C14H16FNO4/c1-14(20,8-13(18)19)9-16-12(17)7-6-10-4-2-3-5-11(10)15/h2-7,20H,8-9H2,1H3,(H,16,17)(H,18,19). The van der Waals surface area contributed by atoms with Crippen molar-refractivity contribution in [2.45, 2.75) is 18.9 Å². The maximum atomic E-state index is 13.3. The van der Waals surface area contributed by atoms with Crippen LogP contribution in [0.4, 0.5) is 4.39 Å². The van der Waals surface area contributed by atoms with Gasteiger partial charge in [0.25, 0.3) is 0 Å². The summed E-state index contributed by atoms with van der Waals surface area (Å²) in [6.07, 6.45) is 1.94. The van der Waals surface area contributed by atoms with Gasteiger partial charge < -0.3 is 15.5 Å². The summed E-state index contributed by atoms with van der Waals surface area (Å²) in [6.45, 7) is 1.10. The molecule has 1 amide bonds. The van der Waals surface area contributed by atoms with Crippen molar-refractivity contribution in [3.63, 3.8) is 0 Å². The highest BCUT2D eigenvalue weighted by molar-refractivity contribution is 5.91. The molecule has 0 aliphatic heterocycles. The fraction of sp³-hybridized carbons (Fsp3) is 0.286. The molecule has 1 rings (SSSR count). The molecule has 0 heterocycles. The number of carboxylic acid groups (broad SMARTS) is 1. The Morgan fingerprint density at radius 2 is 2.05 bits per heavy atom. The van der Waals surface area contributed by atoms with Crippen LogP contribution in [-0.4, -0.2) is 34.2 Å². The molecule has 0 aromatic heterocycles. The van der Waals surface area contributed by atoms with Gasteiger partial charge in [0, 0.05) is 18.2 Å². The zero-order chi connectivity index (χ0) is 15.2. The van der Waals surface area contributed by atoms with E-state index < -0.39 is 29.7 Å². The van der Waals surface area contributed by atoms with E-state index in [0.29, 0.717) is 0 Å². The lowest BCUT2D eigenvalue weighted by Crippen LogP contribution is -2.41. The predicted octanol–water partition coefficient (Wildman–Crippen LogP) is 1.18. The maximum Gasteiger partial charge on any atom is 0.306 e. The highest BCUT2D eigenvalue weighted by atomic mass is 19.1. The Bertz CT molecular complexity index is 526. The minimum atomic E-state index is -1.53. The third-order valence-electron chi connectivity index (χ3n) is 2.50. The molecule has 20 heavy (non-hydrogen) atoms. The van der Waals surface area contributed by atoms with Crippen molar-refractivity contribution in [3.05, 3.63) is 41.7 Å². The van der Waals surface area contributed by atoms with Crippen LogP contribution in [-0.2, 0) is 9.59 Å². The second-order valence-electron chi connectivity index (χ2n) is 4.64. The van der Waals surface area contributed by atoms with E-state index in [1.807, 2.05) is 0 Å². The molecule has 0 saturated heterocycles. The zero-order valence-electron chi connectivity index (χ0n) is 11.0. The number of hydrogen-bond acceptors (Lipinski definition) is 3.